The Morgan fingerprint density at radius 3 is 2.43 bits per heavy atom. The first-order chi connectivity index (χ1) is 9.63. The molecule has 0 aromatic carbocycles. The van der Waals surface area contributed by atoms with E-state index in [0.717, 1.165) is 6.07 Å². The summed E-state index contributed by atoms with van der Waals surface area (Å²) in [7, 11) is 0. The minimum atomic E-state index is -4.66. The van der Waals surface area contributed by atoms with Gasteiger partial charge >= 0.3 is 12.1 Å². The first kappa shape index (κ1) is 17.2. The lowest BCUT2D eigenvalue weighted by Crippen LogP contribution is -2.36. The van der Waals surface area contributed by atoms with E-state index < -0.39 is 23.4 Å². The molecule has 3 N–H and O–H groups in total. The molecule has 0 aliphatic rings. The number of carboxylic acids is 1. The van der Waals surface area contributed by atoms with Crippen LogP contribution < -0.4 is 5.32 Å². The van der Waals surface area contributed by atoms with Gasteiger partial charge in [-0.2, -0.15) is 13.2 Å². The highest BCUT2D eigenvalue weighted by Gasteiger charge is 2.34. The molecule has 0 fully saturated rings. The molecule has 1 unspecified atom stereocenters. The van der Waals surface area contributed by atoms with Gasteiger partial charge in [-0.3, -0.25) is 0 Å². The Bertz CT molecular complexity index is 520. The summed E-state index contributed by atoms with van der Waals surface area (Å²) >= 11 is 0. The number of aromatic carboxylic acids is 1. The SMILES string of the molecule is CCC(C)(CCO)Nc1nc(C(F)(F)F)ccc1C(=O)O. The van der Waals surface area contributed by atoms with Crippen LogP contribution in [-0.4, -0.2) is 33.3 Å². The molecule has 118 valence electrons. The lowest BCUT2D eigenvalue weighted by Gasteiger charge is -2.30. The molecular weight excluding hydrogens is 289 g/mol. The maximum Gasteiger partial charge on any atom is 0.433 e. The van der Waals surface area contributed by atoms with Crippen LogP contribution in [-0.2, 0) is 6.18 Å². The zero-order valence-corrected chi connectivity index (χ0v) is 11.7. The molecule has 0 bridgehead atoms. The first-order valence-electron chi connectivity index (χ1n) is 6.33. The van der Waals surface area contributed by atoms with Crippen LogP contribution >= 0.6 is 0 Å². The highest BCUT2D eigenvalue weighted by atomic mass is 19.4. The van der Waals surface area contributed by atoms with E-state index in [1.54, 1.807) is 13.8 Å². The third kappa shape index (κ3) is 4.32. The number of aliphatic hydroxyl groups excluding tert-OH is 1. The molecular formula is C13H17F3N2O3. The Hall–Kier alpha value is -1.83. The van der Waals surface area contributed by atoms with E-state index in [-0.39, 0.29) is 24.4 Å². The van der Waals surface area contributed by atoms with Crippen molar-refractivity contribution in [1.29, 1.82) is 0 Å². The number of aromatic nitrogens is 1. The second-order valence-electron chi connectivity index (χ2n) is 4.91. The number of rotatable bonds is 6. The highest BCUT2D eigenvalue weighted by Crippen LogP contribution is 2.31. The quantitative estimate of drug-likeness (QED) is 0.753. The van der Waals surface area contributed by atoms with Gasteiger partial charge in [0.15, 0.2) is 0 Å². The Kier molecular flexibility index (Phi) is 5.16. The highest BCUT2D eigenvalue weighted by molar-refractivity contribution is 5.93. The van der Waals surface area contributed by atoms with Gasteiger partial charge in [-0.15, -0.1) is 0 Å². The number of anilines is 1. The molecule has 0 radical (unpaired) electrons. The van der Waals surface area contributed by atoms with Crippen LogP contribution in [0.5, 0.6) is 0 Å². The molecule has 1 aromatic heterocycles. The molecule has 0 amide bonds. The minimum Gasteiger partial charge on any atom is -0.478 e. The molecule has 1 rings (SSSR count). The molecule has 0 saturated carbocycles. The second kappa shape index (κ2) is 6.30. The van der Waals surface area contributed by atoms with E-state index in [0.29, 0.717) is 12.5 Å². The number of hydrogen-bond acceptors (Lipinski definition) is 4. The van der Waals surface area contributed by atoms with E-state index in [2.05, 4.69) is 10.3 Å². The maximum absolute atomic E-state index is 12.7. The number of carboxylic acid groups (broad SMARTS) is 1. The monoisotopic (exact) mass is 306 g/mol. The summed E-state index contributed by atoms with van der Waals surface area (Å²) in [6, 6.07) is 1.50. The number of aliphatic hydroxyl groups is 1. The fourth-order valence-corrected chi connectivity index (χ4v) is 1.75. The summed E-state index contributed by atoms with van der Waals surface area (Å²) in [5, 5.41) is 20.8. The van der Waals surface area contributed by atoms with Crippen LogP contribution in [0.2, 0.25) is 0 Å². The van der Waals surface area contributed by atoms with Crippen molar-refractivity contribution in [3.8, 4) is 0 Å². The summed E-state index contributed by atoms with van der Waals surface area (Å²) in [6.45, 7) is 3.27. The Labute approximate surface area is 119 Å². The lowest BCUT2D eigenvalue weighted by molar-refractivity contribution is -0.141. The van der Waals surface area contributed by atoms with Crippen LogP contribution in [0.4, 0.5) is 19.0 Å². The van der Waals surface area contributed by atoms with E-state index in [1.807, 2.05) is 0 Å². The van der Waals surface area contributed by atoms with Crippen LogP contribution in [0.15, 0.2) is 12.1 Å². The first-order valence-corrected chi connectivity index (χ1v) is 6.33. The van der Waals surface area contributed by atoms with Crippen molar-refractivity contribution in [3.05, 3.63) is 23.4 Å². The number of nitrogens with zero attached hydrogens (tertiary/aromatic N) is 1. The maximum atomic E-state index is 12.7. The van der Waals surface area contributed by atoms with Crippen molar-refractivity contribution in [2.75, 3.05) is 11.9 Å². The van der Waals surface area contributed by atoms with Gasteiger partial charge in [0.25, 0.3) is 0 Å². The number of pyridine rings is 1. The topological polar surface area (TPSA) is 82.5 Å². The zero-order valence-electron chi connectivity index (χ0n) is 11.7. The predicted octanol–water partition coefficient (Wildman–Crippen LogP) is 2.76. The minimum absolute atomic E-state index is 0.182. The molecule has 21 heavy (non-hydrogen) atoms. The molecule has 1 aromatic rings. The molecule has 0 spiro atoms. The summed E-state index contributed by atoms with van der Waals surface area (Å²) in [5.41, 5.74) is -2.27. The largest absolute Gasteiger partial charge is 0.478 e. The Balaban J connectivity index is 3.27. The predicted molar refractivity (Wildman–Crippen MR) is 70.2 cm³/mol. The van der Waals surface area contributed by atoms with Crippen LogP contribution in [0.25, 0.3) is 0 Å². The van der Waals surface area contributed by atoms with Gasteiger partial charge in [-0.1, -0.05) is 6.92 Å². The van der Waals surface area contributed by atoms with Crippen molar-refractivity contribution in [1.82, 2.24) is 4.98 Å². The van der Waals surface area contributed by atoms with Gasteiger partial charge in [0.1, 0.15) is 17.1 Å². The van der Waals surface area contributed by atoms with Crippen LogP contribution in [0.1, 0.15) is 42.7 Å². The van der Waals surface area contributed by atoms with E-state index in [1.165, 1.54) is 0 Å². The number of halogens is 3. The molecule has 5 nitrogen and oxygen atoms in total. The third-order valence-corrected chi connectivity index (χ3v) is 3.28. The average Bonchev–Trinajstić information content (AvgIpc) is 2.37. The van der Waals surface area contributed by atoms with Gasteiger partial charge in [-0.25, -0.2) is 9.78 Å². The molecule has 8 heteroatoms. The van der Waals surface area contributed by atoms with Crippen molar-refractivity contribution in [2.45, 2.75) is 38.4 Å². The third-order valence-electron chi connectivity index (χ3n) is 3.28. The normalized spacial score (nSPS) is 14.6. The number of nitrogens with one attached hydrogen (secondary N) is 1. The Morgan fingerprint density at radius 2 is 2.00 bits per heavy atom. The average molecular weight is 306 g/mol. The zero-order chi connectivity index (χ0) is 16.3. The fraction of sp³-hybridized carbons (Fsp3) is 0.538. The van der Waals surface area contributed by atoms with E-state index in [9.17, 15) is 18.0 Å². The van der Waals surface area contributed by atoms with Crippen molar-refractivity contribution >= 4 is 11.8 Å². The van der Waals surface area contributed by atoms with Gasteiger partial charge in [0.05, 0.1) is 0 Å². The lowest BCUT2D eigenvalue weighted by atomic mass is 9.94. The summed E-state index contributed by atoms with van der Waals surface area (Å²) in [4.78, 5) is 14.5. The standard InChI is InChI=1S/C13H17F3N2O3/c1-3-12(2,6-7-19)18-10-8(11(20)21)4-5-9(17-10)13(14,15)16/h4-5,19H,3,6-7H2,1-2H3,(H,17,18)(H,20,21). The number of hydrogen-bond donors (Lipinski definition) is 3. The van der Waals surface area contributed by atoms with Gasteiger partial charge in [0.2, 0.25) is 0 Å². The molecule has 1 atom stereocenters. The van der Waals surface area contributed by atoms with Crippen molar-refractivity contribution < 1.29 is 28.2 Å². The van der Waals surface area contributed by atoms with E-state index in [4.69, 9.17) is 10.2 Å². The summed E-state index contributed by atoms with van der Waals surface area (Å²) in [6.07, 6.45) is -3.93. The van der Waals surface area contributed by atoms with Crippen LogP contribution in [0, 0.1) is 0 Å². The van der Waals surface area contributed by atoms with Gasteiger partial charge in [-0.05, 0) is 31.9 Å². The van der Waals surface area contributed by atoms with Crippen LogP contribution in [0.3, 0.4) is 0 Å². The molecule has 0 aliphatic heterocycles. The molecule has 1 heterocycles. The number of carbonyl (C=O) groups is 1. The number of alkyl halides is 3. The van der Waals surface area contributed by atoms with Gasteiger partial charge < -0.3 is 15.5 Å². The fourth-order valence-electron chi connectivity index (χ4n) is 1.75. The van der Waals surface area contributed by atoms with Crippen molar-refractivity contribution in [3.63, 3.8) is 0 Å². The molecule has 0 aliphatic carbocycles. The summed E-state index contributed by atoms with van der Waals surface area (Å²) < 4.78 is 38.1. The Morgan fingerprint density at radius 1 is 1.38 bits per heavy atom. The molecule has 0 saturated heterocycles. The second-order valence-corrected chi connectivity index (χ2v) is 4.91. The van der Waals surface area contributed by atoms with Gasteiger partial charge in [0, 0.05) is 12.1 Å². The smallest absolute Gasteiger partial charge is 0.433 e. The summed E-state index contributed by atoms with van der Waals surface area (Å²) in [5.74, 6) is -1.73. The van der Waals surface area contributed by atoms with E-state index >= 15 is 0 Å². The van der Waals surface area contributed by atoms with Crippen molar-refractivity contribution in [2.24, 2.45) is 0 Å².